The van der Waals surface area contributed by atoms with Gasteiger partial charge in [-0.3, -0.25) is 0 Å². The number of nitrogens with one attached hydrogen (secondary N) is 1. The zero-order chi connectivity index (χ0) is 13.9. The van der Waals surface area contributed by atoms with Gasteiger partial charge in [-0.1, -0.05) is 13.8 Å². The van der Waals surface area contributed by atoms with E-state index in [2.05, 4.69) is 40.5 Å². The van der Waals surface area contributed by atoms with Gasteiger partial charge < -0.3 is 10.2 Å². The third-order valence-corrected chi connectivity index (χ3v) is 4.77. The van der Waals surface area contributed by atoms with Crippen LogP contribution in [0.25, 0.3) is 10.2 Å². The zero-order valence-corrected chi connectivity index (χ0v) is 13.0. The van der Waals surface area contributed by atoms with Crippen LogP contribution >= 0.6 is 11.3 Å². The summed E-state index contributed by atoms with van der Waals surface area (Å²) in [6.07, 6.45) is 4.82. The van der Waals surface area contributed by atoms with Crippen molar-refractivity contribution in [3.05, 3.63) is 11.4 Å². The SMILES string of the molecule is CCCNc1nc(N2CCCC2CC)c2ccsc2n1. The number of hydrogen-bond acceptors (Lipinski definition) is 5. The number of rotatable bonds is 5. The summed E-state index contributed by atoms with van der Waals surface area (Å²) in [6, 6.07) is 2.79. The molecular formula is C15H22N4S. The summed E-state index contributed by atoms with van der Waals surface area (Å²) < 4.78 is 0. The van der Waals surface area contributed by atoms with E-state index in [0.29, 0.717) is 6.04 Å². The van der Waals surface area contributed by atoms with Gasteiger partial charge in [0.05, 0.1) is 5.39 Å². The maximum atomic E-state index is 4.80. The Bertz CT molecular complexity index is 580. The van der Waals surface area contributed by atoms with Gasteiger partial charge in [0.15, 0.2) is 0 Å². The fourth-order valence-corrected chi connectivity index (χ4v) is 3.67. The lowest BCUT2D eigenvalue weighted by Crippen LogP contribution is -2.29. The van der Waals surface area contributed by atoms with Crippen LogP contribution in [-0.4, -0.2) is 29.1 Å². The topological polar surface area (TPSA) is 41.1 Å². The summed E-state index contributed by atoms with van der Waals surface area (Å²) in [5.74, 6) is 1.90. The van der Waals surface area contributed by atoms with Crippen LogP contribution in [0, 0.1) is 0 Å². The second-order valence-electron chi connectivity index (χ2n) is 5.33. The predicted octanol–water partition coefficient (Wildman–Crippen LogP) is 3.89. The van der Waals surface area contributed by atoms with Gasteiger partial charge in [-0.15, -0.1) is 11.3 Å². The first kappa shape index (κ1) is 13.6. The zero-order valence-electron chi connectivity index (χ0n) is 12.2. The van der Waals surface area contributed by atoms with Crippen LogP contribution in [0.2, 0.25) is 0 Å². The van der Waals surface area contributed by atoms with E-state index in [-0.39, 0.29) is 0 Å². The monoisotopic (exact) mass is 290 g/mol. The lowest BCUT2D eigenvalue weighted by atomic mass is 10.1. The third kappa shape index (κ3) is 2.46. The molecule has 3 rings (SSSR count). The van der Waals surface area contributed by atoms with Gasteiger partial charge in [0.1, 0.15) is 10.6 Å². The molecule has 5 heteroatoms. The minimum Gasteiger partial charge on any atom is -0.354 e. The van der Waals surface area contributed by atoms with Gasteiger partial charge in [0.2, 0.25) is 5.95 Å². The van der Waals surface area contributed by atoms with Crippen molar-refractivity contribution in [1.29, 1.82) is 0 Å². The summed E-state index contributed by atoms with van der Waals surface area (Å²) in [5, 5.41) is 6.65. The van der Waals surface area contributed by atoms with Crippen molar-refractivity contribution in [3.63, 3.8) is 0 Å². The molecule has 0 aliphatic carbocycles. The Morgan fingerprint density at radius 2 is 2.30 bits per heavy atom. The highest BCUT2D eigenvalue weighted by Gasteiger charge is 2.26. The molecule has 0 aromatic carbocycles. The molecule has 2 aromatic rings. The average molecular weight is 290 g/mol. The van der Waals surface area contributed by atoms with Crippen LogP contribution in [0.5, 0.6) is 0 Å². The smallest absolute Gasteiger partial charge is 0.226 e. The lowest BCUT2D eigenvalue weighted by Gasteiger charge is -2.25. The number of hydrogen-bond donors (Lipinski definition) is 1. The maximum Gasteiger partial charge on any atom is 0.226 e. The van der Waals surface area contributed by atoms with E-state index >= 15 is 0 Å². The molecule has 2 aromatic heterocycles. The normalized spacial score (nSPS) is 18.9. The van der Waals surface area contributed by atoms with E-state index in [1.807, 2.05) is 0 Å². The lowest BCUT2D eigenvalue weighted by molar-refractivity contribution is 0.642. The maximum absolute atomic E-state index is 4.80. The Labute approximate surface area is 124 Å². The van der Waals surface area contributed by atoms with Crippen LogP contribution in [0.1, 0.15) is 39.5 Å². The molecule has 1 fully saturated rings. The molecule has 1 unspecified atom stereocenters. The number of nitrogens with zero attached hydrogens (tertiary/aromatic N) is 3. The largest absolute Gasteiger partial charge is 0.354 e. The molecule has 0 saturated carbocycles. The van der Waals surface area contributed by atoms with Crippen molar-refractivity contribution in [2.75, 3.05) is 23.3 Å². The first-order valence-electron chi connectivity index (χ1n) is 7.59. The van der Waals surface area contributed by atoms with Crippen molar-refractivity contribution >= 4 is 33.3 Å². The van der Waals surface area contributed by atoms with Crippen LogP contribution in [0.3, 0.4) is 0 Å². The Kier molecular flexibility index (Phi) is 4.05. The second-order valence-corrected chi connectivity index (χ2v) is 6.23. The molecule has 1 N–H and O–H groups in total. The standard InChI is InChI=1S/C15H22N4S/c1-3-8-16-15-17-13(12-7-10-20-14(12)18-15)19-9-5-6-11(19)4-2/h7,10-11H,3-6,8-9H2,1-2H3,(H,16,17,18). The van der Waals surface area contributed by atoms with Gasteiger partial charge in [0, 0.05) is 19.1 Å². The second kappa shape index (κ2) is 5.95. The summed E-state index contributed by atoms with van der Waals surface area (Å²) in [7, 11) is 0. The summed E-state index contributed by atoms with van der Waals surface area (Å²) in [5.41, 5.74) is 0. The van der Waals surface area contributed by atoms with Crippen molar-refractivity contribution in [2.45, 2.75) is 45.6 Å². The van der Waals surface area contributed by atoms with E-state index in [4.69, 9.17) is 4.98 Å². The van der Waals surface area contributed by atoms with E-state index in [9.17, 15) is 0 Å². The van der Waals surface area contributed by atoms with Gasteiger partial charge in [-0.25, -0.2) is 4.98 Å². The van der Waals surface area contributed by atoms with Crippen molar-refractivity contribution in [3.8, 4) is 0 Å². The Balaban J connectivity index is 2.01. The van der Waals surface area contributed by atoms with E-state index in [0.717, 1.165) is 36.1 Å². The Hall–Kier alpha value is -1.36. The van der Waals surface area contributed by atoms with Gasteiger partial charge >= 0.3 is 0 Å². The highest BCUT2D eigenvalue weighted by atomic mass is 32.1. The molecule has 0 bridgehead atoms. The molecule has 0 spiro atoms. The fourth-order valence-electron chi connectivity index (χ4n) is 2.91. The molecule has 108 valence electrons. The number of thiophene rings is 1. The minimum absolute atomic E-state index is 0.632. The molecule has 1 aliphatic rings. The van der Waals surface area contributed by atoms with Crippen molar-refractivity contribution in [1.82, 2.24) is 9.97 Å². The summed E-state index contributed by atoms with van der Waals surface area (Å²) in [4.78, 5) is 13.0. The molecule has 0 radical (unpaired) electrons. The first-order chi connectivity index (χ1) is 9.83. The van der Waals surface area contributed by atoms with Crippen LogP contribution in [-0.2, 0) is 0 Å². The molecule has 1 saturated heterocycles. The molecule has 4 nitrogen and oxygen atoms in total. The number of anilines is 2. The van der Waals surface area contributed by atoms with Crippen molar-refractivity contribution in [2.24, 2.45) is 0 Å². The molecular weight excluding hydrogens is 268 g/mol. The highest BCUT2D eigenvalue weighted by molar-refractivity contribution is 7.16. The van der Waals surface area contributed by atoms with Crippen molar-refractivity contribution < 1.29 is 0 Å². The highest BCUT2D eigenvalue weighted by Crippen LogP contribution is 2.34. The fraction of sp³-hybridized carbons (Fsp3) is 0.600. The van der Waals surface area contributed by atoms with Crippen LogP contribution in [0.15, 0.2) is 11.4 Å². The third-order valence-electron chi connectivity index (χ3n) is 3.96. The van der Waals surface area contributed by atoms with Gasteiger partial charge in [-0.05, 0) is 37.1 Å². The average Bonchev–Trinajstić information content (AvgIpc) is 3.12. The molecule has 0 amide bonds. The molecule has 20 heavy (non-hydrogen) atoms. The minimum atomic E-state index is 0.632. The Morgan fingerprint density at radius 3 is 3.10 bits per heavy atom. The first-order valence-corrected chi connectivity index (χ1v) is 8.47. The van der Waals surface area contributed by atoms with Gasteiger partial charge in [0.25, 0.3) is 0 Å². The quantitative estimate of drug-likeness (QED) is 0.907. The van der Waals surface area contributed by atoms with E-state index < -0.39 is 0 Å². The Morgan fingerprint density at radius 1 is 1.40 bits per heavy atom. The van der Waals surface area contributed by atoms with Crippen LogP contribution < -0.4 is 10.2 Å². The predicted molar refractivity (Wildman–Crippen MR) is 86.9 cm³/mol. The molecule has 3 heterocycles. The molecule has 1 aliphatic heterocycles. The van der Waals surface area contributed by atoms with Gasteiger partial charge in [-0.2, -0.15) is 4.98 Å². The van der Waals surface area contributed by atoms with Crippen LogP contribution in [0.4, 0.5) is 11.8 Å². The molecule has 1 atom stereocenters. The van der Waals surface area contributed by atoms with E-state index in [1.54, 1.807) is 11.3 Å². The summed E-state index contributed by atoms with van der Waals surface area (Å²) >= 11 is 1.70. The van der Waals surface area contributed by atoms with E-state index in [1.165, 1.54) is 24.6 Å². The number of aromatic nitrogens is 2. The number of fused-ring (bicyclic) bond motifs is 1. The summed E-state index contributed by atoms with van der Waals surface area (Å²) in [6.45, 7) is 6.47.